The van der Waals surface area contributed by atoms with Crippen molar-refractivity contribution in [3.63, 3.8) is 0 Å². The number of carbonyl (C=O) groups excluding carboxylic acids is 2. The quantitative estimate of drug-likeness (QED) is 0.383. The molecule has 7 nitrogen and oxygen atoms in total. The molecule has 0 aliphatic heterocycles. The molecule has 0 saturated heterocycles. The molecule has 0 aliphatic carbocycles. The molecule has 2 aromatic rings. The molecule has 2 amide bonds. The predicted molar refractivity (Wildman–Crippen MR) is 112 cm³/mol. The average molecular weight is 422 g/mol. The Morgan fingerprint density at radius 1 is 1.14 bits per heavy atom. The standard InChI is InChI=1S/C19H23N3O4S2/c1-2-10-21-28(25,26)14-15-5-7-17(8-6-15)22-18(23)4-3-11-20-19(24)16-9-12-27-13-16/h2,5-9,12-13,21H,1,3-4,10-11,14H2,(H,20,24)(H,22,23). The molecule has 1 heterocycles. The Bertz CT molecular complexity index is 892. The zero-order valence-electron chi connectivity index (χ0n) is 15.3. The van der Waals surface area contributed by atoms with E-state index in [1.807, 2.05) is 5.38 Å². The summed E-state index contributed by atoms with van der Waals surface area (Å²) in [5.74, 6) is -0.452. The molecule has 0 atom stereocenters. The highest BCUT2D eigenvalue weighted by Crippen LogP contribution is 2.12. The second kappa shape index (κ2) is 10.7. The zero-order chi connectivity index (χ0) is 20.4. The van der Waals surface area contributed by atoms with Crippen LogP contribution in [0.15, 0.2) is 53.7 Å². The normalized spacial score (nSPS) is 11.0. The molecule has 2 rings (SSSR count). The van der Waals surface area contributed by atoms with E-state index in [4.69, 9.17) is 0 Å². The highest BCUT2D eigenvalue weighted by atomic mass is 32.2. The minimum Gasteiger partial charge on any atom is -0.352 e. The van der Waals surface area contributed by atoms with Gasteiger partial charge in [0.25, 0.3) is 5.91 Å². The van der Waals surface area contributed by atoms with Gasteiger partial charge in [-0.15, -0.1) is 6.58 Å². The first-order valence-electron chi connectivity index (χ1n) is 8.67. The third-order valence-corrected chi connectivity index (χ3v) is 5.69. The zero-order valence-corrected chi connectivity index (χ0v) is 16.9. The van der Waals surface area contributed by atoms with E-state index in [0.29, 0.717) is 29.8 Å². The van der Waals surface area contributed by atoms with E-state index in [-0.39, 0.29) is 30.5 Å². The third-order valence-electron chi connectivity index (χ3n) is 3.69. The van der Waals surface area contributed by atoms with E-state index in [0.717, 1.165) is 0 Å². The van der Waals surface area contributed by atoms with E-state index < -0.39 is 10.0 Å². The van der Waals surface area contributed by atoms with E-state index >= 15 is 0 Å². The molecule has 0 radical (unpaired) electrons. The number of carbonyl (C=O) groups is 2. The van der Waals surface area contributed by atoms with Gasteiger partial charge in [0, 0.05) is 36.1 Å². The van der Waals surface area contributed by atoms with Crippen LogP contribution in [-0.2, 0) is 20.6 Å². The van der Waals surface area contributed by atoms with Crippen molar-refractivity contribution in [1.29, 1.82) is 0 Å². The van der Waals surface area contributed by atoms with Crippen LogP contribution in [0.3, 0.4) is 0 Å². The largest absolute Gasteiger partial charge is 0.352 e. The van der Waals surface area contributed by atoms with Gasteiger partial charge in [-0.1, -0.05) is 18.2 Å². The number of amides is 2. The first kappa shape index (κ1) is 21.8. The SMILES string of the molecule is C=CCNS(=O)(=O)Cc1ccc(NC(=O)CCCNC(=O)c2ccsc2)cc1. The Balaban J connectivity index is 1.72. The van der Waals surface area contributed by atoms with Gasteiger partial charge in [0.05, 0.1) is 5.75 Å². The van der Waals surface area contributed by atoms with E-state index in [1.54, 1.807) is 35.7 Å². The Labute approximate surface area is 168 Å². The molecule has 3 N–H and O–H groups in total. The highest BCUT2D eigenvalue weighted by Gasteiger charge is 2.10. The molecule has 1 aromatic carbocycles. The van der Waals surface area contributed by atoms with E-state index in [2.05, 4.69) is 21.9 Å². The highest BCUT2D eigenvalue weighted by molar-refractivity contribution is 7.88. The molecule has 0 unspecified atom stereocenters. The molecule has 1 aromatic heterocycles. The van der Waals surface area contributed by atoms with Crippen molar-refractivity contribution in [3.05, 3.63) is 64.9 Å². The number of benzene rings is 1. The summed E-state index contributed by atoms with van der Waals surface area (Å²) in [6.07, 6.45) is 2.27. The van der Waals surface area contributed by atoms with Crippen LogP contribution in [0, 0.1) is 0 Å². The fourth-order valence-electron chi connectivity index (χ4n) is 2.31. The minimum absolute atomic E-state index is 0.140. The molecule has 0 aliphatic rings. The lowest BCUT2D eigenvalue weighted by Crippen LogP contribution is -2.25. The Morgan fingerprint density at radius 2 is 1.89 bits per heavy atom. The second-order valence-corrected chi connectivity index (χ2v) is 8.60. The third kappa shape index (κ3) is 7.63. The number of hydrogen-bond acceptors (Lipinski definition) is 5. The fourth-order valence-corrected chi connectivity index (χ4v) is 4.05. The number of rotatable bonds is 11. The molecule has 9 heteroatoms. The minimum atomic E-state index is -3.41. The summed E-state index contributed by atoms with van der Waals surface area (Å²) < 4.78 is 26.1. The lowest BCUT2D eigenvalue weighted by atomic mass is 10.2. The molecular formula is C19H23N3O4S2. The van der Waals surface area contributed by atoms with Crippen LogP contribution < -0.4 is 15.4 Å². The van der Waals surface area contributed by atoms with Crippen molar-refractivity contribution in [2.75, 3.05) is 18.4 Å². The van der Waals surface area contributed by atoms with Crippen molar-refractivity contribution < 1.29 is 18.0 Å². The number of nitrogens with one attached hydrogen (secondary N) is 3. The van der Waals surface area contributed by atoms with Crippen molar-refractivity contribution in [3.8, 4) is 0 Å². The van der Waals surface area contributed by atoms with Crippen molar-refractivity contribution in [2.24, 2.45) is 0 Å². The summed E-state index contributed by atoms with van der Waals surface area (Å²) >= 11 is 1.45. The van der Waals surface area contributed by atoms with Gasteiger partial charge in [-0.25, -0.2) is 13.1 Å². The summed E-state index contributed by atoms with van der Waals surface area (Å²) in [4.78, 5) is 23.8. The van der Waals surface area contributed by atoms with Crippen LogP contribution in [0.2, 0.25) is 0 Å². The summed E-state index contributed by atoms with van der Waals surface area (Å²) in [6.45, 7) is 4.07. The molecule has 0 spiro atoms. The number of hydrogen-bond donors (Lipinski definition) is 3. The van der Waals surface area contributed by atoms with Crippen molar-refractivity contribution in [1.82, 2.24) is 10.0 Å². The van der Waals surface area contributed by atoms with E-state index in [9.17, 15) is 18.0 Å². The molecule has 0 bridgehead atoms. The lowest BCUT2D eigenvalue weighted by Gasteiger charge is -2.08. The smallest absolute Gasteiger partial charge is 0.252 e. The Morgan fingerprint density at radius 3 is 2.54 bits per heavy atom. The summed E-state index contributed by atoms with van der Waals surface area (Å²) in [6, 6.07) is 8.38. The van der Waals surface area contributed by atoms with Gasteiger partial charge in [-0.05, 0) is 35.6 Å². The van der Waals surface area contributed by atoms with Gasteiger partial charge in [-0.2, -0.15) is 11.3 Å². The van der Waals surface area contributed by atoms with Crippen molar-refractivity contribution in [2.45, 2.75) is 18.6 Å². The van der Waals surface area contributed by atoms with Gasteiger partial charge in [-0.3, -0.25) is 9.59 Å². The van der Waals surface area contributed by atoms with Crippen LogP contribution >= 0.6 is 11.3 Å². The van der Waals surface area contributed by atoms with Gasteiger partial charge >= 0.3 is 0 Å². The van der Waals surface area contributed by atoms with Gasteiger partial charge < -0.3 is 10.6 Å². The Hall–Kier alpha value is -2.49. The summed E-state index contributed by atoms with van der Waals surface area (Å²) in [7, 11) is -3.41. The lowest BCUT2D eigenvalue weighted by molar-refractivity contribution is -0.116. The number of anilines is 1. The predicted octanol–water partition coefficient (Wildman–Crippen LogP) is 2.50. The maximum atomic E-state index is 12.0. The molecule has 150 valence electrons. The molecule has 28 heavy (non-hydrogen) atoms. The van der Waals surface area contributed by atoms with Crippen LogP contribution in [0.5, 0.6) is 0 Å². The second-order valence-electron chi connectivity index (χ2n) is 6.01. The molecule has 0 fully saturated rings. The van der Waals surface area contributed by atoms with Crippen LogP contribution in [-0.4, -0.2) is 33.3 Å². The summed E-state index contributed by atoms with van der Waals surface area (Å²) in [5.41, 5.74) is 1.83. The van der Waals surface area contributed by atoms with Gasteiger partial charge in [0.2, 0.25) is 15.9 Å². The maximum absolute atomic E-state index is 12.0. The number of sulfonamides is 1. The monoisotopic (exact) mass is 421 g/mol. The Kier molecular flexibility index (Phi) is 8.37. The van der Waals surface area contributed by atoms with E-state index in [1.165, 1.54) is 17.4 Å². The van der Waals surface area contributed by atoms with Gasteiger partial charge in [0.15, 0.2) is 0 Å². The van der Waals surface area contributed by atoms with Gasteiger partial charge in [0.1, 0.15) is 0 Å². The molecule has 0 saturated carbocycles. The van der Waals surface area contributed by atoms with Crippen LogP contribution in [0.1, 0.15) is 28.8 Å². The topological polar surface area (TPSA) is 104 Å². The first-order chi connectivity index (χ1) is 13.4. The van der Waals surface area contributed by atoms with Crippen LogP contribution in [0.4, 0.5) is 5.69 Å². The molecular weight excluding hydrogens is 398 g/mol. The first-order valence-corrected chi connectivity index (χ1v) is 11.3. The number of thiophene rings is 1. The fraction of sp³-hybridized carbons (Fsp3) is 0.263. The average Bonchev–Trinajstić information content (AvgIpc) is 3.20. The van der Waals surface area contributed by atoms with Crippen molar-refractivity contribution >= 4 is 38.9 Å². The summed E-state index contributed by atoms with van der Waals surface area (Å²) in [5, 5.41) is 9.12. The maximum Gasteiger partial charge on any atom is 0.252 e. The van der Waals surface area contributed by atoms with Crippen LogP contribution in [0.25, 0.3) is 0 Å².